The van der Waals surface area contributed by atoms with Crippen LogP contribution in [0.15, 0.2) is 0 Å². The fourth-order valence-corrected chi connectivity index (χ4v) is 2.72. The van der Waals surface area contributed by atoms with Gasteiger partial charge in [-0.1, -0.05) is 33.1 Å². The fraction of sp³-hybridized carbons (Fsp3) is 0.867. The van der Waals surface area contributed by atoms with Crippen LogP contribution in [0.3, 0.4) is 0 Å². The molecular weight excluding hydrogens is 256 g/mol. The van der Waals surface area contributed by atoms with Crippen molar-refractivity contribution in [3.8, 4) is 0 Å². The van der Waals surface area contributed by atoms with E-state index in [2.05, 4.69) is 19.2 Å². The molecule has 1 aliphatic heterocycles. The van der Waals surface area contributed by atoms with Crippen LogP contribution in [0, 0.1) is 11.8 Å². The maximum absolute atomic E-state index is 12.0. The Morgan fingerprint density at radius 2 is 2.15 bits per heavy atom. The molecular formula is C15H28N2O3. The van der Waals surface area contributed by atoms with Crippen LogP contribution in [0.25, 0.3) is 0 Å². The van der Waals surface area contributed by atoms with Crippen LogP contribution in [-0.2, 0) is 4.79 Å². The second kappa shape index (κ2) is 8.82. The molecule has 0 saturated carbocycles. The van der Waals surface area contributed by atoms with Gasteiger partial charge < -0.3 is 15.3 Å². The zero-order valence-corrected chi connectivity index (χ0v) is 12.7. The van der Waals surface area contributed by atoms with Gasteiger partial charge in [0.05, 0.1) is 0 Å². The Labute approximate surface area is 121 Å². The number of carbonyl (C=O) groups excluding carboxylic acids is 1. The van der Waals surface area contributed by atoms with Crippen molar-refractivity contribution in [2.24, 2.45) is 11.8 Å². The lowest BCUT2D eigenvalue weighted by Crippen LogP contribution is -2.40. The molecule has 0 aromatic heterocycles. The normalized spacial score (nSPS) is 19.9. The van der Waals surface area contributed by atoms with Gasteiger partial charge in [0.2, 0.25) is 0 Å². The number of amides is 2. The Hall–Kier alpha value is -1.26. The number of aliphatic carboxylic acids is 1. The van der Waals surface area contributed by atoms with E-state index in [-0.39, 0.29) is 18.4 Å². The second-order valence-electron chi connectivity index (χ2n) is 5.80. The molecule has 0 aliphatic carbocycles. The number of nitrogens with zero attached hydrogens (tertiary/aromatic N) is 1. The van der Waals surface area contributed by atoms with E-state index >= 15 is 0 Å². The van der Waals surface area contributed by atoms with Crippen molar-refractivity contribution in [2.45, 2.75) is 52.4 Å². The van der Waals surface area contributed by atoms with Crippen LogP contribution in [0.5, 0.6) is 0 Å². The lowest BCUT2D eigenvalue weighted by atomic mass is 9.99. The minimum Gasteiger partial charge on any atom is -0.481 e. The summed E-state index contributed by atoms with van der Waals surface area (Å²) in [6, 6.07) is -0.0344. The van der Waals surface area contributed by atoms with Gasteiger partial charge in [-0.3, -0.25) is 4.79 Å². The summed E-state index contributed by atoms with van der Waals surface area (Å²) in [5.41, 5.74) is 0. The summed E-state index contributed by atoms with van der Waals surface area (Å²) in [4.78, 5) is 24.5. The highest BCUT2D eigenvalue weighted by atomic mass is 16.4. The van der Waals surface area contributed by atoms with Crippen molar-refractivity contribution < 1.29 is 14.7 Å². The highest BCUT2D eigenvalue weighted by molar-refractivity contribution is 5.74. The molecule has 116 valence electrons. The molecule has 0 spiro atoms. The second-order valence-corrected chi connectivity index (χ2v) is 5.80. The van der Waals surface area contributed by atoms with Crippen LogP contribution in [-0.4, -0.2) is 41.6 Å². The zero-order chi connectivity index (χ0) is 15.0. The minimum atomic E-state index is -0.775. The van der Waals surface area contributed by atoms with Crippen molar-refractivity contribution >= 4 is 12.0 Å². The molecule has 2 N–H and O–H groups in total. The molecule has 1 aliphatic rings. The number of hydrogen-bond donors (Lipinski definition) is 2. The molecule has 0 aromatic carbocycles. The molecule has 2 unspecified atom stereocenters. The number of carboxylic acids is 1. The Bertz CT molecular complexity index is 320. The summed E-state index contributed by atoms with van der Waals surface area (Å²) < 4.78 is 0. The molecule has 2 amide bonds. The van der Waals surface area contributed by atoms with Gasteiger partial charge in [0.15, 0.2) is 0 Å². The van der Waals surface area contributed by atoms with Gasteiger partial charge in [-0.15, -0.1) is 0 Å². The van der Waals surface area contributed by atoms with Crippen LogP contribution in [0.4, 0.5) is 4.79 Å². The molecule has 0 aromatic rings. The van der Waals surface area contributed by atoms with Crippen molar-refractivity contribution in [1.29, 1.82) is 0 Å². The molecule has 20 heavy (non-hydrogen) atoms. The highest BCUT2D eigenvalue weighted by Crippen LogP contribution is 2.19. The third-order valence-electron chi connectivity index (χ3n) is 4.12. The number of carboxylic acid groups (broad SMARTS) is 1. The molecule has 5 nitrogen and oxygen atoms in total. The lowest BCUT2D eigenvalue weighted by Gasteiger charge is -2.20. The first kappa shape index (κ1) is 16.8. The maximum Gasteiger partial charge on any atom is 0.317 e. The lowest BCUT2D eigenvalue weighted by molar-refractivity contribution is -0.138. The summed E-state index contributed by atoms with van der Waals surface area (Å²) >= 11 is 0. The van der Waals surface area contributed by atoms with Crippen molar-refractivity contribution in [1.82, 2.24) is 10.2 Å². The Kier molecular flexibility index (Phi) is 7.41. The molecule has 1 rings (SSSR count). The zero-order valence-electron chi connectivity index (χ0n) is 12.7. The van der Waals surface area contributed by atoms with Gasteiger partial charge in [0, 0.05) is 26.1 Å². The minimum absolute atomic E-state index is 0.0344. The number of hydrogen-bond acceptors (Lipinski definition) is 2. The monoisotopic (exact) mass is 284 g/mol. The summed E-state index contributed by atoms with van der Waals surface area (Å²) in [6.45, 7) is 6.32. The topological polar surface area (TPSA) is 69.6 Å². The van der Waals surface area contributed by atoms with E-state index in [0.717, 1.165) is 25.8 Å². The predicted octanol–water partition coefficient (Wildman–Crippen LogP) is 2.71. The van der Waals surface area contributed by atoms with Crippen LogP contribution in [0.1, 0.15) is 52.4 Å². The van der Waals surface area contributed by atoms with Crippen molar-refractivity contribution in [3.63, 3.8) is 0 Å². The predicted molar refractivity (Wildman–Crippen MR) is 78.6 cm³/mol. The van der Waals surface area contributed by atoms with Crippen LogP contribution in [0.2, 0.25) is 0 Å². The molecule has 2 atom stereocenters. The van der Waals surface area contributed by atoms with Gasteiger partial charge in [-0.05, 0) is 24.7 Å². The van der Waals surface area contributed by atoms with Crippen molar-refractivity contribution in [2.75, 3.05) is 19.6 Å². The number of nitrogens with one attached hydrogen (secondary N) is 1. The summed E-state index contributed by atoms with van der Waals surface area (Å²) in [7, 11) is 0. The van der Waals surface area contributed by atoms with E-state index in [0.29, 0.717) is 19.0 Å². The molecule has 0 bridgehead atoms. The first-order valence-electron chi connectivity index (χ1n) is 7.81. The summed E-state index contributed by atoms with van der Waals surface area (Å²) in [5, 5.41) is 11.8. The van der Waals surface area contributed by atoms with Gasteiger partial charge in [0.1, 0.15) is 0 Å². The maximum atomic E-state index is 12.0. The average Bonchev–Trinajstić information content (AvgIpc) is 2.86. The number of likely N-dealkylation sites (tertiary alicyclic amines) is 1. The highest BCUT2D eigenvalue weighted by Gasteiger charge is 2.27. The number of urea groups is 1. The van der Waals surface area contributed by atoms with Crippen LogP contribution < -0.4 is 5.32 Å². The summed E-state index contributed by atoms with van der Waals surface area (Å²) in [6.07, 6.45) is 5.60. The third kappa shape index (κ3) is 5.80. The number of unbranched alkanes of at least 4 members (excludes halogenated alkanes) is 1. The standard InChI is InChI=1S/C15H28N2O3/c1-3-5-6-12(4-2)10-16-15(20)17-8-7-13(11-17)9-14(18)19/h12-13H,3-11H2,1-2H3,(H,16,20)(H,18,19). The Balaban J connectivity index is 2.27. The van der Waals surface area contributed by atoms with Gasteiger partial charge in [-0.25, -0.2) is 4.79 Å². The van der Waals surface area contributed by atoms with E-state index in [1.165, 1.54) is 12.8 Å². The Morgan fingerprint density at radius 1 is 1.40 bits per heavy atom. The van der Waals surface area contributed by atoms with Crippen molar-refractivity contribution in [3.05, 3.63) is 0 Å². The van der Waals surface area contributed by atoms with E-state index < -0.39 is 5.97 Å². The first-order valence-corrected chi connectivity index (χ1v) is 7.81. The quantitative estimate of drug-likeness (QED) is 0.720. The smallest absolute Gasteiger partial charge is 0.317 e. The van der Waals surface area contributed by atoms with E-state index in [4.69, 9.17) is 5.11 Å². The molecule has 1 saturated heterocycles. The number of rotatable bonds is 8. The van der Waals surface area contributed by atoms with Crippen LogP contribution >= 0.6 is 0 Å². The van der Waals surface area contributed by atoms with Gasteiger partial charge >= 0.3 is 12.0 Å². The van der Waals surface area contributed by atoms with Gasteiger partial charge in [0.25, 0.3) is 0 Å². The average molecular weight is 284 g/mol. The molecule has 1 heterocycles. The summed E-state index contributed by atoms with van der Waals surface area (Å²) in [5.74, 6) is -0.112. The number of carbonyl (C=O) groups is 2. The Morgan fingerprint density at radius 3 is 2.75 bits per heavy atom. The first-order chi connectivity index (χ1) is 9.56. The van der Waals surface area contributed by atoms with Gasteiger partial charge in [-0.2, -0.15) is 0 Å². The third-order valence-corrected chi connectivity index (χ3v) is 4.12. The molecule has 1 fully saturated rings. The fourth-order valence-electron chi connectivity index (χ4n) is 2.72. The van der Waals surface area contributed by atoms with E-state index in [1.54, 1.807) is 4.90 Å². The largest absolute Gasteiger partial charge is 0.481 e. The SMILES string of the molecule is CCCCC(CC)CNC(=O)N1CCC(CC(=O)O)C1. The van der Waals surface area contributed by atoms with E-state index in [9.17, 15) is 9.59 Å². The molecule has 0 radical (unpaired) electrons. The molecule has 5 heteroatoms. The van der Waals surface area contributed by atoms with E-state index in [1.807, 2.05) is 0 Å².